The predicted octanol–water partition coefficient (Wildman–Crippen LogP) is 18.7. The molecule has 0 spiro atoms. The Hall–Kier alpha value is -3.19. The Kier molecular flexibility index (Phi) is 21.3. The maximum atomic E-state index is 13.9. The van der Waals surface area contributed by atoms with Crippen LogP contribution in [0, 0.1) is 44.4 Å². The van der Waals surface area contributed by atoms with Crippen LogP contribution in [0.1, 0.15) is 123 Å². The van der Waals surface area contributed by atoms with Crippen molar-refractivity contribution in [2.75, 3.05) is 6.61 Å². The number of Topliss-reactive ketones (excluding diaryl/α,β-unsaturated/α-hetero) is 1. The van der Waals surface area contributed by atoms with Gasteiger partial charge in [-0.2, -0.15) is 0 Å². The molecule has 4 unspecified atom stereocenters. The molecule has 5 aromatic rings. The fraction of sp³-hybridized carbons (Fsp3) is 0.404. The molecular formula is C57H71IO3S5. The van der Waals surface area contributed by atoms with Crippen LogP contribution in [0.15, 0.2) is 114 Å². The summed E-state index contributed by atoms with van der Waals surface area (Å²) in [7, 11) is 0. The number of esters is 1. The molecule has 0 N–H and O–H groups in total. The number of ether oxygens (including phenoxy) is 1. The van der Waals surface area contributed by atoms with Gasteiger partial charge >= 0.3 is 5.97 Å². The predicted molar refractivity (Wildman–Crippen MR) is 306 cm³/mol. The summed E-state index contributed by atoms with van der Waals surface area (Å²) in [4.78, 5) is 39.9. The number of halogens is 1. The van der Waals surface area contributed by atoms with E-state index in [-0.39, 0.29) is 53.5 Å². The number of fused-ring (bicyclic) bond motifs is 2. The highest BCUT2D eigenvalue weighted by Gasteiger charge is 2.45. The summed E-state index contributed by atoms with van der Waals surface area (Å²) in [5.41, 5.74) is 6.28. The molecule has 2 bridgehead atoms. The Labute approximate surface area is 434 Å². The van der Waals surface area contributed by atoms with Crippen LogP contribution in [0.2, 0.25) is 0 Å². The number of carbonyl (C=O) groups excluding carboxylic acids is 2. The number of ketones is 1. The standard InChI is InChI=1S/C51H52O3S5.3C2H6.HI/c1-9-39(44-16-11-31(4)56-44)36(20-29(2)43-15-10-30(3)55-43)25-42(52)37-21-33(22-37)23-40-34-13-14-35(24-34)41(40)28-54-49(53)27-38-26-47(45-17-12-32(5)57-45)59-50(38)46-18-19-48(58-46)51(6,7)8;3*1-2;/h9-22,26,34-35,40-41H,1,23-25,27-28H2,2-8H3;3*1-2H3;1H/b29-20+,39-36-;;;;. The van der Waals surface area contributed by atoms with Gasteiger partial charge in [0, 0.05) is 66.7 Å². The quantitative estimate of drug-likeness (QED) is 0.0454. The van der Waals surface area contributed by atoms with E-state index >= 15 is 0 Å². The lowest BCUT2D eigenvalue weighted by atomic mass is 9.77. The van der Waals surface area contributed by atoms with Crippen LogP contribution < -0.4 is 0 Å². The summed E-state index contributed by atoms with van der Waals surface area (Å²) in [6.45, 7) is 31.8. The maximum Gasteiger partial charge on any atom is 0.310 e. The van der Waals surface area contributed by atoms with E-state index in [2.05, 4.69) is 140 Å². The minimum absolute atomic E-state index is 0. The number of rotatable bonds is 15. The Bertz CT molecular complexity index is 2580. The smallest absolute Gasteiger partial charge is 0.310 e. The summed E-state index contributed by atoms with van der Waals surface area (Å²) in [6, 6.07) is 19.6. The van der Waals surface area contributed by atoms with Gasteiger partial charge in [0.25, 0.3) is 0 Å². The van der Waals surface area contributed by atoms with Gasteiger partial charge in [0.15, 0.2) is 5.78 Å². The van der Waals surface area contributed by atoms with Crippen molar-refractivity contribution in [2.24, 2.45) is 23.7 Å². The third kappa shape index (κ3) is 13.5. The third-order valence-electron chi connectivity index (χ3n) is 11.8. The summed E-state index contributed by atoms with van der Waals surface area (Å²) >= 11 is 8.91. The Morgan fingerprint density at radius 3 is 1.89 bits per heavy atom. The normalized spacial score (nSPS) is 18.5. The number of hydrogen-bond donors (Lipinski definition) is 0. The van der Waals surface area contributed by atoms with Crippen LogP contribution in [0.3, 0.4) is 0 Å². The average Bonchev–Trinajstić information content (AvgIpc) is 4.14. The fourth-order valence-corrected chi connectivity index (χ4v) is 13.8. The SMILES string of the molecule is C=C/C(=C(\C=C(/C)c1ccc(C)s1)CC(=O)C1=CC(CC2C3C=CC(C3)C2COC(=O)Cc2cc(-c3ccc(C)s3)sc2-c2ccc(C(C)(C)C)s2)=C1)c1ccc(C)s1.CC.CC.CC.I. The first kappa shape index (κ1) is 55.4. The van der Waals surface area contributed by atoms with Crippen molar-refractivity contribution >= 4 is 104 Å². The van der Waals surface area contributed by atoms with Crippen molar-refractivity contribution in [3.8, 4) is 19.5 Å². The Morgan fingerprint density at radius 1 is 0.742 bits per heavy atom. The van der Waals surface area contributed by atoms with Gasteiger partial charge < -0.3 is 4.74 Å². The van der Waals surface area contributed by atoms with Gasteiger partial charge in [0.05, 0.1) is 13.0 Å². The second-order valence-electron chi connectivity index (χ2n) is 17.3. The lowest BCUT2D eigenvalue weighted by molar-refractivity contribution is -0.145. The molecule has 0 aliphatic heterocycles. The molecular weight excluding hydrogens is 1020 g/mol. The highest BCUT2D eigenvalue weighted by Crippen LogP contribution is 2.51. The monoisotopic (exact) mass is 1090 g/mol. The molecule has 0 saturated heterocycles. The average molecular weight is 1090 g/mol. The summed E-state index contributed by atoms with van der Waals surface area (Å²) in [5, 5.41) is 0. The van der Waals surface area contributed by atoms with Crippen molar-refractivity contribution in [3.63, 3.8) is 0 Å². The molecule has 0 radical (unpaired) electrons. The first-order valence-electron chi connectivity index (χ1n) is 23.5. The molecule has 0 aromatic carbocycles. The van der Waals surface area contributed by atoms with E-state index in [0.29, 0.717) is 30.8 Å². The number of aryl methyl sites for hydroxylation is 3. The lowest BCUT2D eigenvalue weighted by Crippen LogP contribution is -2.27. The topological polar surface area (TPSA) is 43.4 Å². The van der Waals surface area contributed by atoms with E-state index < -0.39 is 0 Å². The van der Waals surface area contributed by atoms with Crippen molar-refractivity contribution in [1.82, 2.24) is 0 Å². The van der Waals surface area contributed by atoms with E-state index in [0.717, 1.165) is 45.6 Å². The molecule has 66 heavy (non-hydrogen) atoms. The van der Waals surface area contributed by atoms with Crippen LogP contribution in [0.4, 0.5) is 0 Å². The zero-order valence-electron chi connectivity index (χ0n) is 41.4. The molecule has 8 rings (SSSR count). The summed E-state index contributed by atoms with van der Waals surface area (Å²) in [5.74, 6) is 1.52. The molecule has 3 nitrogen and oxygen atoms in total. The Morgan fingerprint density at radius 2 is 1.33 bits per heavy atom. The molecule has 9 heteroatoms. The molecule has 3 aliphatic carbocycles. The zero-order chi connectivity index (χ0) is 47.6. The summed E-state index contributed by atoms with van der Waals surface area (Å²) in [6.07, 6.45) is 15.6. The second kappa shape index (κ2) is 25.4. The van der Waals surface area contributed by atoms with Crippen molar-refractivity contribution in [2.45, 2.75) is 121 Å². The number of carbonyl (C=O) groups is 2. The minimum Gasteiger partial charge on any atom is -0.465 e. The van der Waals surface area contributed by atoms with E-state index in [1.165, 1.54) is 49.5 Å². The molecule has 5 heterocycles. The Balaban J connectivity index is 0.00000131. The van der Waals surface area contributed by atoms with Crippen molar-refractivity contribution in [3.05, 3.63) is 149 Å². The van der Waals surface area contributed by atoms with E-state index in [1.54, 1.807) is 45.3 Å². The molecule has 1 fully saturated rings. The van der Waals surface area contributed by atoms with Crippen LogP contribution in [-0.2, 0) is 26.2 Å². The molecule has 354 valence electrons. The largest absolute Gasteiger partial charge is 0.465 e. The minimum atomic E-state index is -0.161. The molecule has 4 atom stereocenters. The second-order valence-corrected chi connectivity index (χ2v) is 23.3. The van der Waals surface area contributed by atoms with Crippen LogP contribution in [0.5, 0.6) is 0 Å². The molecule has 3 aliphatic rings. The molecule has 5 aromatic heterocycles. The van der Waals surface area contributed by atoms with E-state index in [9.17, 15) is 9.59 Å². The zero-order valence-corrected chi connectivity index (χ0v) is 47.8. The van der Waals surface area contributed by atoms with Crippen LogP contribution in [-0.4, -0.2) is 18.4 Å². The first-order chi connectivity index (χ1) is 31.2. The van der Waals surface area contributed by atoms with E-state index in [1.807, 2.05) is 59.0 Å². The highest BCUT2D eigenvalue weighted by molar-refractivity contribution is 14.0. The lowest BCUT2D eigenvalue weighted by Gasteiger charge is -2.29. The van der Waals surface area contributed by atoms with Gasteiger partial charge in [-0.15, -0.1) is 80.7 Å². The van der Waals surface area contributed by atoms with E-state index in [4.69, 9.17) is 4.74 Å². The van der Waals surface area contributed by atoms with Crippen LogP contribution >= 0.6 is 80.7 Å². The third-order valence-corrected chi connectivity index (χ3v) is 18.1. The van der Waals surface area contributed by atoms with Crippen LogP contribution in [0.25, 0.3) is 30.7 Å². The van der Waals surface area contributed by atoms with Gasteiger partial charge in [0.2, 0.25) is 0 Å². The van der Waals surface area contributed by atoms with Gasteiger partial charge in [-0.1, -0.05) is 93.2 Å². The number of thiophene rings is 5. The maximum absolute atomic E-state index is 13.9. The number of hydrogen-bond acceptors (Lipinski definition) is 8. The molecule has 1 saturated carbocycles. The van der Waals surface area contributed by atoms with Crippen molar-refractivity contribution in [1.29, 1.82) is 0 Å². The van der Waals surface area contributed by atoms with Gasteiger partial charge in [-0.05, 0) is 158 Å². The van der Waals surface area contributed by atoms with Gasteiger partial charge in [-0.25, -0.2) is 0 Å². The van der Waals surface area contributed by atoms with Gasteiger partial charge in [-0.3, -0.25) is 9.59 Å². The fourth-order valence-electron chi connectivity index (χ4n) is 8.68. The van der Waals surface area contributed by atoms with Crippen molar-refractivity contribution < 1.29 is 14.3 Å². The first-order valence-corrected chi connectivity index (χ1v) is 27.6. The number of allylic oxidation sites excluding steroid dienone is 11. The molecule has 0 amide bonds. The van der Waals surface area contributed by atoms with Gasteiger partial charge in [0.1, 0.15) is 0 Å². The highest BCUT2D eigenvalue weighted by atomic mass is 127. The summed E-state index contributed by atoms with van der Waals surface area (Å²) < 4.78 is 6.19.